The molecule has 0 unspecified atom stereocenters. The number of aliphatic hydroxyl groups excluding tert-OH is 1. The fourth-order valence-corrected chi connectivity index (χ4v) is 5.49. The second-order valence-electron chi connectivity index (χ2n) is 8.38. The molecule has 0 bridgehead atoms. The number of fused-ring (bicyclic) bond motifs is 2. The average Bonchev–Trinajstić information content (AvgIpc) is 3.33. The molecule has 4 aromatic rings. The van der Waals surface area contributed by atoms with Crippen molar-refractivity contribution in [1.29, 1.82) is 0 Å². The molecule has 5 rings (SSSR count). The summed E-state index contributed by atoms with van der Waals surface area (Å²) in [7, 11) is 0. The predicted octanol–water partition coefficient (Wildman–Crippen LogP) is 5.25. The normalized spacial score (nSPS) is 13.4. The number of halogens is 1. The number of aliphatic hydroxyl groups is 1. The van der Waals surface area contributed by atoms with E-state index in [0.29, 0.717) is 19.8 Å². The molecular weight excluding hydrogens is 558 g/mol. The van der Waals surface area contributed by atoms with E-state index in [1.54, 1.807) is 6.92 Å². The molecule has 0 aliphatic carbocycles. The lowest BCUT2D eigenvalue weighted by Crippen LogP contribution is -2.40. The lowest BCUT2D eigenvalue weighted by molar-refractivity contribution is -0.146. The molecule has 3 N–H and O–H groups in total. The Morgan fingerprint density at radius 2 is 2.00 bits per heavy atom. The Morgan fingerprint density at radius 1 is 1.16 bits per heavy atom. The minimum absolute atomic E-state index is 0.270. The van der Waals surface area contributed by atoms with Crippen LogP contribution in [-0.2, 0) is 16.1 Å². The van der Waals surface area contributed by atoms with Crippen LogP contribution in [0.25, 0.3) is 21.2 Å². The largest absolute Gasteiger partial charge is 0.486 e. The molecular formula is C27H26BrN3O5S. The maximum atomic E-state index is 11.9. The van der Waals surface area contributed by atoms with E-state index in [2.05, 4.69) is 38.7 Å². The number of benzene rings is 3. The van der Waals surface area contributed by atoms with Crippen molar-refractivity contribution in [3.63, 3.8) is 0 Å². The highest BCUT2D eigenvalue weighted by molar-refractivity contribution is 9.10. The number of ether oxygens (including phenoxy) is 3. The van der Waals surface area contributed by atoms with Crippen molar-refractivity contribution in [2.75, 3.05) is 31.7 Å². The van der Waals surface area contributed by atoms with Crippen molar-refractivity contribution in [2.45, 2.75) is 19.5 Å². The number of esters is 1. The van der Waals surface area contributed by atoms with E-state index in [4.69, 9.17) is 18.6 Å². The first kappa shape index (κ1) is 25.5. The molecule has 1 aliphatic heterocycles. The van der Waals surface area contributed by atoms with Crippen LogP contribution in [0.3, 0.4) is 0 Å². The summed E-state index contributed by atoms with van der Waals surface area (Å²) in [6.45, 7) is 3.20. The van der Waals surface area contributed by atoms with Gasteiger partial charge >= 0.3 is 5.97 Å². The van der Waals surface area contributed by atoms with Crippen LogP contribution in [0.1, 0.15) is 12.5 Å². The summed E-state index contributed by atoms with van der Waals surface area (Å²) in [5.74, 6) is 1.84. The number of hydrogen-bond acceptors (Lipinski definition) is 9. The van der Waals surface area contributed by atoms with Crippen molar-refractivity contribution in [1.82, 2.24) is 9.69 Å². The molecule has 1 aromatic heterocycles. The van der Waals surface area contributed by atoms with Crippen LogP contribution in [0.2, 0.25) is 0 Å². The number of carbonyl (C=O) groups excluding carboxylic acids is 1. The first-order valence-electron chi connectivity index (χ1n) is 11.9. The molecule has 10 heteroatoms. The van der Waals surface area contributed by atoms with E-state index in [-0.39, 0.29) is 13.2 Å². The summed E-state index contributed by atoms with van der Waals surface area (Å²) in [5.41, 5.74) is 3.95. The van der Waals surface area contributed by atoms with Gasteiger partial charge in [0.2, 0.25) is 0 Å². The van der Waals surface area contributed by atoms with E-state index < -0.39 is 12.0 Å². The molecule has 0 fully saturated rings. The molecule has 0 saturated carbocycles. The number of hydrogen-bond donors (Lipinski definition) is 3. The van der Waals surface area contributed by atoms with Crippen molar-refractivity contribution in [3.05, 3.63) is 64.6 Å². The maximum Gasteiger partial charge on any atom is 0.325 e. The summed E-state index contributed by atoms with van der Waals surface area (Å²) in [4.78, 5) is 11.9. The first-order valence-corrected chi connectivity index (χ1v) is 13.5. The molecule has 3 aromatic carbocycles. The zero-order valence-electron chi connectivity index (χ0n) is 20.1. The van der Waals surface area contributed by atoms with Gasteiger partial charge in [0, 0.05) is 22.0 Å². The van der Waals surface area contributed by atoms with Gasteiger partial charge in [-0.2, -0.15) is 4.37 Å². The lowest BCUT2D eigenvalue weighted by atomic mass is 10.0. The molecule has 0 radical (unpaired) electrons. The SMILES string of the molecule is CCOC(=O)[C@@H](CO)NCc1ccc(Nc2nsc3c(-c4ccc5c(c4)OCCO5)cccc23)c(Br)c1. The van der Waals surface area contributed by atoms with Crippen LogP contribution < -0.4 is 20.1 Å². The standard InChI is InChI=1S/C27H26BrN3O5S/c1-2-34-27(33)22(15-32)29-14-16-6-8-21(20(28)12-16)30-26-19-5-3-4-18(25(19)37-31-26)17-7-9-23-24(13-17)36-11-10-35-23/h3-9,12-13,22,29,32H,2,10-11,14-15H2,1H3,(H,30,31)/t22-/m1/s1. The molecule has 192 valence electrons. The Bertz CT molecular complexity index is 1430. The van der Waals surface area contributed by atoms with Crippen LogP contribution in [0.4, 0.5) is 11.5 Å². The molecule has 1 atom stereocenters. The predicted molar refractivity (Wildman–Crippen MR) is 148 cm³/mol. The number of carbonyl (C=O) groups is 1. The summed E-state index contributed by atoms with van der Waals surface area (Å²) >= 11 is 5.08. The topological polar surface area (TPSA) is 102 Å². The van der Waals surface area contributed by atoms with Crippen molar-refractivity contribution in [3.8, 4) is 22.6 Å². The summed E-state index contributed by atoms with van der Waals surface area (Å²) in [6, 6.07) is 17.3. The van der Waals surface area contributed by atoms with Gasteiger partial charge in [-0.15, -0.1) is 0 Å². The number of aromatic nitrogens is 1. The molecule has 2 heterocycles. The Labute approximate surface area is 226 Å². The monoisotopic (exact) mass is 583 g/mol. The van der Waals surface area contributed by atoms with Crippen LogP contribution in [0.5, 0.6) is 11.5 Å². The highest BCUT2D eigenvalue weighted by Crippen LogP contribution is 2.40. The number of anilines is 2. The van der Waals surface area contributed by atoms with Crippen LogP contribution in [0.15, 0.2) is 59.1 Å². The second kappa shape index (κ2) is 11.5. The van der Waals surface area contributed by atoms with E-state index in [9.17, 15) is 9.90 Å². The Hall–Kier alpha value is -3.18. The summed E-state index contributed by atoms with van der Waals surface area (Å²) < 4.78 is 23.0. The van der Waals surface area contributed by atoms with E-state index in [1.807, 2.05) is 42.5 Å². The van der Waals surface area contributed by atoms with Crippen molar-refractivity contribution >= 4 is 55.0 Å². The third-order valence-corrected chi connectivity index (χ3v) is 7.50. The van der Waals surface area contributed by atoms with Gasteiger partial charge in [0.15, 0.2) is 17.3 Å². The second-order valence-corrected chi connectivity index (χ2v) is 10.0. The zero-order valence-corrected chi connectivity index (χ0v) is 22.5. The first-order chi connectivity index (χ1) is 18.1. The number of nitrogens with one attached hydrogen (secondary N) is 2. The van der Waals surface area contributed by atoms with Gasteiger partial charge in [-0.1, -0.05) is 24.3 Å². The smallest absolute Gasteiger partial charge is 0.325 e. The quantitative estimate of drug-likeness (QED) is 0.229. The van der Waals surface area contributed by atoms with E-state index >= 15 is 0 Å². The molecule has 0 saturated heterocycles. The van der Waals surface area contributed by atoms with Crippen molar-refractivity contribution < 1.29 is 24.1 Å². The van der Waals surface area contributed by atoms with Gasteiger partial charge in [-0.25, -0.2) is 0 Å². The minimum atomic E-state index is -0.763. The van der Waals surface area contributed by atoms with E-state index in [0.717, 1.165) is 54.3 Å². The van der Waals surface area contributed by atoms with Crippen molar-refractivity contribution in [2.24, 2.45) is 0 Å². The maximum absolute atomic E-state index is 11.9. The van der Waals surface area contributed by atoms with Crippen LogP contribution in [0, 0.1) is 0 Å². The van der Waals surface area contributed by atoms with Gasteiger partial charge in [0.05, 0.1) is 23.6 Å². The molecule has 8 nitrogen and oxygen atoms in total. The fraction of sp³-hybridized carbons (Fsp3) is 0.259. The average molecular weight is 584 g/mol. The molecule has 0 amide bonds. The fourth-order valence-electron chi connectivity index (χ4n) is 4.09. The molecule has 37 heavy (non-hydrogen) atoms. The van der Waals surface area contributed by atoms with Gasteiger partial charge in [-0.3, -0.25) is 10.1 Å². The summed E-state index contributed by atoms with van der Waals surface area (Å²) in [6.07, 6.45) is 0. The molecule has 1 aliphatic rings. The van der Waals surface area contributed by atoms with E-state index in [1.165, 1.54) is 11.5 Å². The highest BCUT2D eigenvalue weighted by atomic mass is 79.9. The third-order valence-electron chi connectivity index (χ3n) is 5.94. The lowest BCUT2D eigenvalue weighted by Gasteiger charge is -2.19. The van der Waals surface area contributed by atoms with Gasteiger partial charge in [0.1, 0.15) is 19.3 Å². The Balaban J connectivity index is 1.33. The van der Waals surface area contributed by atoms with Crippen LogP contribution in [-0.4, -0.2) is 47.9 Å². The number of nitrogens with zero attached hydrogens (tertiary/aromatic N) is 1. The summed E-state index contributed by atoms with van der Waals surface area (Å²) in [5, 5.41) is 17.0. The third kappa shape index (κ3) is 5.57. The minimum Gasteiger partial charge on any atom is -0.486 e. The van der Waals surface area contributed by atoms with Gasteiger partial charge < -0.3 is 24.6 Å². The van der Waals surface area contributed by atoms with Crippen LogP contribution >= 0.6 is 27.5 Å². The Morgan fingerprint density at radius 3 is 2.78 bits per heavy atom. The van der Waals surface area contributed by atoms with Gasteiger partial charge in [0.25, 0.3) is 0 Å². The Kier molecular flexibility index (Phi) is 7.90. The zero-order chi connectivity index (χ0) is 25.8. The molecule has 0 spiro atoms. The highest BCUT2D eigenvalue weighted by Gasteiger charge is 2.19. The number of rotatable bonds is 9. The van der Waals surface area contributed by atoms with Gasteiger partial charge in [-0.05, 0) is 75.8 Å².